The lowest BCUT2D eigenvalue weighted by Crippen LogP contribution is -2.12. The fourth-order valence-electron chi connectivity index (χ4n) is 4.53. The molecule has 0 aromatic heterocycles. The topological polar surface area (TPSA) is 61.8 Å². The van der Waals surface area contributed by atoms with Crippen molar-refractivity contribution in [3.8, 4) is 22.6 Å². The van der Waals surface area contributed by atoms with Crippen molar-refractivity contribution in [1.82, 2.24) is 0 Å². The Morgan fingerprint density at radius 3 is 1.88 bits per heavy atom. The Balaban J connectivity index is 1.39. The Labute approximate surface area is 252 Å². The van der Waals surface area contributed by atoms with Gasteiger partial charge in [-0.15, -0.1) is 0 Å². The highest BCUT2D eigenvalue weighted by atomic mass is 16.5. The molecule has 0 amide bonds. The highest BCUT2D eigenvalue weighted by Gasteiger charge is 2.11. The summed E-state index contributed by atoms with van der Waals surface area (Å²) in [6, 6.07) is 22.8. The molecule has 0 aliphatic heterocycles. The van der Waals surface area contributed by atoms with Crippen molar-refractivity contribution in [2.75, 3.05) is 13.2 Å². The van der Waals surface area contributed by atoms with Gasteiger partial charge in [-0.1, -0.05) is 109 Å². The van der Waals surface area contributed by atoms with Crippen molar-refractivity contribution in [2.24, 2.45) is 5.92 Å². The first-order valence-electron chi connectivity index (χ1n) is 15.8. The van der Waals surface area contributed by atoms with Crippen LogP contribution in [-0.2, 0) is 16.0 Å². The van der Waals surface area contributed by atoms with Crippen molar-refractivity contribution >= 4 is 11.9 Å². The van der Waals surface area contributed by atoms with Crippen LogP contribution < -0.4 is 9.47 Å². The Morgan fingerprint density at radius 2 is 1.26 bits per heavy atom. The second-order valence-corrected chi connectivity index (χ2v) is 11.2. The van der Waals surface area contributed by atoms with Gasteiger partial charge in [0.1, 0.15) is 11.5 Å². The van der Waals surface area contributed by atoms with Crippen LogP contribution in [0.15, 0.2) is 72.8 Å². The fraction of sp³-hybridized carbons (Fsp3) is 0.459. The minimum atomic E-state index is -0.410. The molecule has 226 valence electrons. The molecule has 0 radical (unpaired) electrons. The molecule has 5 nitrogen and oxygen atoms in total. The predicted molar refractivity (Wildman–Crippen MR) is 170 cm³/mol. The molecule has 3 aromatic carbocycles. The van der Waals surface area contributed by atoms with E-state index in [4.69, 9.17) is 14.2 Å². The van der Waals surface area contributed by atoms with Crippen molar-refractivity contribution in [3.05, 3.63) is 83.9 Å². The van der Waals surface area contributed by atoms with Crippen LogP contribution >= 0.6 is 0 Å². The zero-order valence-electron chi connectivity index (χ0n) is 25.7. The molecule has 0 bridgehead atoms. The summed E-state index contributed by atoms with van der Waals surface area (Å²) in [6.45, 7) is 7.61. The van der Waals surface area contributed by atoms with Crippen molar-refractivity contribution in [3.63, 3.8) is 0 Å². The lowest BCUT2D eigenvalue weighted by Gasteiger charge is -2.10. The molecule has 0 saturated heterocycles. The van der Waals surface area contributed by atoms with E-state index in [9.17, 15) is 9.59 Å². The van der Waals surface area contributed by atoms with Gasteiger partial charge < -0.3 is 14.2 Å². The number of unbranched alkanes of at least 4 members (excludes halogenated alkanes) is 7. The Kier molecular flexibility index (Phi) is 14.7. The van der Waals surface area contributed by atoms with Gasteiger partial charge in [-0.25, -0.2) is 4.79 Å². The zero-order chi connectivity index (χ0) is 30.0. The smallest absolute Gasteiger partial charge is 0.343 e. The van der Waals surface area contributed by atoms with Crippen LogP contribution in [0.3, 0.4) is 0 Å². The first kappa shape index (κ1) is 32.9. The van der Waals surface area contributed by atoms with E-state index in [0.717, 1.165) is 41.9 Å². The average molecular weight is 573 g/mol. The van der Waals surface area contributed by atoms with Crippen LogP contribution in [0.4, 0.5) is 0 Å². The van der Waals surface area contributed by atoms with Gasteiger partial charge in [-0.05, 0) is 71.8 Å². The lowest BCUT2D eigenvalue weighted by atomic mass is 10.0. The number of rotatable bonds is 19. The molecular weight excluding hydrogens is 524 g/mol. The van der Waals surface area contributed by atoms with Gasteiger partial charge in [0.05, 0.1) is 18.8 Å². The third-order valence-electron chi connectivity index (χ3n) is 7.55. The number of ether oxygens (including phenoxy) is 3. The molecule has 42 heavy (non-hydrogen) atoms. The third-order valence-corrected chi connectivity index (χ3v) is 7.55. The number of hydrogen-bond donors (Lipinski definition) is 0. The van der Waals surface area contributed by atoms with Crippen molar-refractivity contribution in [1.29, 1.82) is 0 Å². The average Bonchev–Trinajstić information content (AvgIpc) is 3.02. The number of benzene rings is 3. The predicted octanol–water partition coefficient (Wildman–Crippen LogP) is 9.61. The van der Waals surface area contributed by atoms with Crippen molar-refractivity contribution in [2.45, 2.75) is 91.4 Å². The molecule has 0 N–H and O–H groups in total. The van der Waals surface area contributed by atoms with Crippen LogP contribution in [0.5, 0.6) is 11.5 Å². The van der Waals surface area contributed by atoms with Crippen LogP contribution in [-0.4, -0.2) is 25.2 Å². The first-order chi connectivity index (χ1) is 20.5. The van der Waals surface area contributed by atoms with Gasteiger partial charge in [0, 0.05) is 6.42 Å². The summed E-state index contributed by atoms with van der Waals surface area (Å²) in [5.41, 5.74) is 3.56. The van der Waals surface area contributed by atoms with Gasteiger partial charge in [-0.3, -0.25) is 4.79 Å². The quantitative estimate of drug-likeness (QED) is 0.0813. The van der Waals surface area contributed by atoms with Gasteiger partial charge in [0.25, 0.3) is 0 Å². The molecule has 0 heterocycles. The fourth-order valence-corrected chi connectivity index (χ4v) is 4.53. The largest absolute Gasteiger partial charge is 0.494 e. The lowest BCUT2D eigenvalue weighted by molar-refractivity contribution is -0.144. The minimum Gasteiger partial charge on any atom is -0.494 e. The van der Waals surface area contributed by atoms with E-state index in [1.54, 1.807) is 24.3 Å². The molecule has 5 heteroatoms. The zero-order valence-corrected chi connectivity index (χ0v) is 25.7. The number of esters is 2. The summed E-state index contributed by atoms with van der Waals surface area (Å²) in [6.07, 6.45) is 12.2. The Morgan fingerprint density at radius 1 is 0.690 bits per heavy atom. The molecule has 0 aliphatic rings. The monoisotopic (exact) mass is 572 g/mol. The molecule has 0 fully saturated rings. The Hall–Kier alpha value is -3.60. The number of aryl methyl sites for hydroxylation is 1. The van der Waals surface area contributed by atoms with E-state index in [2.05, 4.69) is 20.8 Å². The number of hydrogen-bond acceptors (Lipinski definition) is 5. The summed E-state index contributed by atoms with van der Waals surface area (Å²) >= 11 is 0. The number of carbonyl (C=O) groups excluding carboxylic acids is 2. The SMILES string of the molecule is CCCCCCCCCCOc1ccc(-c2ccc(C(=O)Oc3ccc(CCC(=O)OC[C@@H](C)CC)cc3)cc2)cc1. The van der Waals surface area contributed by atoms with E-state index < -0.39 is 5.97 Å². The van der Waals surface area contributed by atoms with E-state index in [1.165, 1.54) is 44.9 Å². The molecule has 0 unspecified atom stereocenters. The molecule has 0 saturated carbocycles. The van der Waals surface area contributed by atoms with Crippen LogP contribution in [0.2, 0.25) is 0 Å². The summed E-state index contributed by atoms with van der Waals surface area (Å²) in [5.74, 6) is 1.13. The van der Waals surface area contributed by atoms with Crippen LogP contribution in [0.1, 0.15) is 101 Å². The highest BCUT2D eigenvalue weighted by molar-refractivity contribution is 5.91. The molecule has 1 atom stereocenters. The first-order valence-corrected chi connectivity index (χ1v) is 15.8. The van der Waals surface area contributed by atoms with Crippen LogP contribution in [0.25, 0.3) is 11.1 Å². The Bertz CT molecular complexity index is 1180. The van der Waals surface area contributed by atoms with Gasteiger partial charge in [0.15, 0.2) is 0 Å². The van der Waals surface area contributed by atoms with E-state index in [0.29, 0.717) is 36.7 Å². The standard InChI is InChI=1S/C37H48O5/c1-4-6-7-8-9-10-11-12-27-40-34-24-20-32(21-25-34)31-16-18-33(19-17-31)37(39)42-35-22-13-30(14-23-35)15-26-36(38)41-28-29(3)5-2/h13-14,16-25,29H,4-12,15,26-28H2,1-3H3/t29-/m0/s1. The maximum Gasteiger partial charge on any atom is 0.343 e. The van der Waals surface area contributed by atoms with Gasteiger partial charge >= 0.3 is 11.9 Å². The minimum absolute atomic E-state index is 0.187. The van der Waals surface area contributed by atoms with Gasteiger partial charge in [0.2, 0.25) is 0 Å². The van der Waals surface area contributed by atoms with Gasteiger partial charge in [-0.2, -0.15) is 0 Å². The summed E-state index contributed by atoms with van der Waals surface area (Å²) in [7, 11) is 0. The summed E-state index contributed by atoms with van der Waals surface area (Å²) < 4.78 is 16.8. The van der Waals surface area contributed by atoms with Crippen LogP contribution in [0, 0.1) is 5.92 Å². The maximum absolute atomic E-state index is 12.7. The van der Waals surface area contributed by atoms with E-state index in [1.807, 2.05) is 48.5 Å². The normalized spacial score (nSPS) is 11.6. The summed E-state index contributed by atoms with van der Waals surface area (Å²) in [5, 5.41) is 0. The molecular formula is C37H48O5. The van der Waals surface area contributed by atoms with E-state index in [-0.39, 0.29) is 5.97 Å². The second kappa shape index (κ2) is 18.8. The molecule has 0 aliphatic carbocycles. The molecule has 3 rings (SSSR count). The highest BCUT2D eigenvalue weighted by Crippen LogP contribution is 2.24. The molecule has 3 aromatic rings. The maximum atomic E-state index is 12.7. The van der Waals surface area contributed by atoms with Crippen molar-refractivity contribution < 1.29 is 23.8 Å². The van der Waals surface area contributed by atoms with E-state index >= 15 is 0 Å². The third kappa shape index (κ3) is 12.1. The molecule has 0 spiro atoms. The second-order valence-electron chi connectivity index (χ2n) is 11.2. The summed E-state index contributed by atoms with van der Waals surface area (Å²) in [4.78, 5) is 24.6. The number of carbonyl (C=O) groups is 2.